The number of nitrogens with one attached hydrogen (secondary N) is 1. The number of amides is 2. The summed E-state index contributed by atoms with van der Waals surface area (Å²) in [6.07, 6.45) is 0.888. The van der Waals surface area contributed by atoms with Gasteiger partial charge in [0.1, 0.15) is 10.4 Å². The highest BCUT2D eigenvalue weighted by molar-refractivity contribution is 7.99. The molecule has 0 saturated carbocycles. The van der Waals surface area contributed by atoms with E-state index in [0.717, 1.165) is 0 Å². The van der Waals surface area contributed by atoms with Crippen LogP contribution in [0.3, 0.4) is 0 Å². The van der Waals surface area contributed by atoms with E-state index in [1.165, 1.54) is 23.1 Å². The molecular formula is C23H26N4O5S2. The second-order valence-electron chi connectivity index (χ2n) is 7.66. The summed E-state index contributed by atoms with van der Waals surface area (Å²) in [5.41, 5.74) is 1.10. The summed E-state index contributed by atoms with van der Waals surface area (Å²) in [5, 5.41) is 5.20. The van der Waals surface area contributed by atoms with Crippen molar-refractivity contribution in [3.8, 4) is 5.75 Å². The summed E-state index contributed by atoms with van der Waals surface area (Å²) in [5.74, 6) is 0.434. The molecule has 1 aliphatic rings. The van der Waals surface area contributed by atoms with Crippen molar-refractivity contribution in [2.45, 2.75) is 31.0 Å². The zero-order valence-corrected chi connectivity index (χ0v) is 20.6. The first-order valence-corrected chi connectivity index (χ1v) is 12.9. The van der Waals surface area contributed by atoms with Crippen LogP contribution in [0.2, 0.25) is 0 Å². The van der Waals surface area contributed by atoms with E-state index in [0.29, 0.717) is 59.3 Å². The number of hydrogen-bond acceptors (Lipinski definition) is 8. The molecule has 1 fully saturated rings. The van der Waals surface area contributed by atoms with Crippen molar-refractivity contribution in [3.63, 3.8) is 0 Å². The van der Waals surface area contributed by atoms with Gasteiger partial charge in [0.15, 0.2) is 5.16 Å². The minimum absolute atomic E-state index is 0.0851. The fourth-order valence-corrected chi connectivity index (χ4v) is 5.55. The summed E-state index contributed by atoms with van der Waals surface area (Å²) >= 11 is 2.59. The number of methoxy groups -OCH3 is 1. The van der Waals surface area contributed by atoms with Crippen LogP contribution in [0.25, 0.3) is 10.2 Å². The quantitative estimate of drug-likeness (QED) is 0.385. The molecule has 1 N–H and O–H groups in total. The third-order valence-electron chi connectivity index (χ3n) is 5.55. The van der Waals surface area contributed by atoms with Crippen molar-refractivity contribution in [1.29, 1.82) is 0 Å². The average Bonchev–Trinajstić information content (AvgIpc) is 3.32. The van der Waals surface area contributed by atoms with E-state index in [4.69, 9.17) is 14.5 Å². The van der Waals surface area contributed by atoms with Crippen molar-refractivity contribution in [3.05, 3.63) is 46.1 Å². The minimum Gasteiger partial charge on any atom is -0.495 e. The number of carbonyl (C=O) groups excluding carboxylic acids is 2. The molecule has 11 heteroatoms. The van der Waals surface area contributed by atoms with Crippen LogP contribution in [0.5, 0.6) is 5.75 Å². The predicted molar refractivity (Wildman–Crippen MR) is 133 cm³/mol. The number of nitrogens with zero attached hydrogens (tertiary/aromatic N) is 3. The number of thiophene rings is 1. The van der Waals surface area contributed by atoms with Crippen LogP contribution < -0.4 is 15.6 Å². The normalized spacial score (nSPS) is 14.2. The van der Waals surface area contributed by atoms with E-state index in [1.807, 2.05) is 23.6 Å². The number of thioether (sulfide) groups is 1. The molecular weight excluding hydrogens is 476 g/mol. The molecule has 1 saturated heterocycles. The monoisotopic (exact) mass is 502 g/mol. The Hall–Kier alpha value is -3.05. The minimum atomic E-state index is -0.331. The third kappa shape index (κ3) is 5.20. The number of rotatable bonds is 7. The Morgan fingerprint density at radius 3 is 2.74 bits per heavy atom. The Balaban J connectivity index is 1.52. The molecule has 2 aromatic heterocycles. The number of fused-ring (bicyclic) bond motifs is 1. The van der Waals surface area contributed by atoms with Crippen molar-refractivity contribution >= 4 is 51.0 Å². The Bertz CT molecular complexity index is 1230. The lowest BCUT2D eigenvalue weighted by Crippen LogP contribution is -2.41. The van der Waals surface area contributed by atoms with E-state index in [9.17, 15) is 14.4 Å². The van der Waals surface area contributed by atoms with Crippen LogP contribution in [-0.4, -0.2) is 59.0 Å². The number of anilines is 1. The Labute approximate surface area is 205 Å². The number of hydrogen-bond donors (Lipinski definition) is 1. The van der Waals surface area contributed by atoms with Crippen LogP contribution in [-0.2, 0) is 9.53 Å². The molecule has 2 amide bonds. The lowest BCUT2D eigenvalue weighted by Gasteiger charge is -2.32. The van der Waals surface area contributed by atoms with Gasteiger partial charge in [-0.1, -0.05) is 23.9 Å². The van der Waals surface area contributed by atoms with Crippen LogP contribution in [0.15, 0.2) is 45.7 Å². The summed E-state index contributed by atoms with van der Waals surface area (Å²) in [7, 11) is 1.55. The van der Waals surface area contributed by atoms with E-state index >= 15 is 0 Å². The molecule has 3 aromatic rings. The molecule has 34 heavy (non-hydrogen) atoms. The largest absolute Gasteiger partial charge is 0.495 e. The van der Waals surface area contributed by atoms with Gasteiger partial charge in [-0.2, -0.15) is 0 Å². The molecule has 180 valence electrons. The standard InChI is InChI=1S/C23H26N4O5S2/c1-3-32-23(30)26-11-8-15(9-12-26)27-21(29)20-17(10-13-33-20)25-22(27)34-14-19(28)24-16-6-4-5-7-18(16)31-2/h4-7,10,13,15H,3,8-9,11-12,14H2,1-2H3,(H,24,28). The molecule has 3 heterocycles. The molecule has 1 aliphatic heterocycles. The first-order valence-electron chi connectivity index (χ1n) is 11.0. The highest BCUT2D eigenvalue weighted by atomic mass is 32.2. The molecule has 0 aliphatic carbocycles. The molecule has 0 unspecified atom stereocenters. The molecule has 0 radical (unpaired) electrons. The van der Waals surface area contributed by atoms with Gasteiger partial charge >= 0.3 is 6.09 Å². The van der Waals surface area contributed by atoms with Gasteiger partial charge in [-0.05, 0) is 43.3 Å². The van der Waals surface area contributed by atoms with Gasteiger partial charge in [0.25, 0.3) is 5.56 Å². The van der Waals surface area contributed by atoms with Gasteiger partial charge < -0.3 is 19.7 Å². The number of aromatic nitrogens is 2. The highest BCUT2D eigenvalue weighted by Crippen LogP contribution is 2.29. The SMILES string of the molecule is CCOC(=O)N1CCC(n2c(SCC(=O)Nc3ccccc3OC)nc3ccsc3c2=O)CC1. The maximum absolute atomic E-state index is 13.3. The number of likely N-dealkylation sites (tertiary alicyclic amines) is 1. The number of piperidine rings is 1. The number of ether oxygens (including phenoxy) is 2. The Kier molecular flexibility index (Phi) is 7.73. The fourth-order valence-electron chi connectivity index (χ4n) is 3.91. The predicted octanol–water partition coefficient (Wildman–Crippen LogP) is 3.99. The van der Waals surface area contributed by atoms with Crippen molar-refractivity contribution in [2.75, 3.05) is 37.9 Å². The van der Waals surface area contributed by atoms with Gasteiger partial charge in [0.05, 0.1) is 30.7 Å². The lowest BCUT2D eigenvalue weighted by atomic mass is 10.1. The molecule has 0 spiro atoms. The van der Waals surface area contributed by atoms with Crippen LogP contribution >= 0.6 is 23.1 Å². The van der Waals surface area contributed by atoms with Crippen LogP contribution in [0.1, 0.15) is 25.8 Å². The topological polar surface area (TPSA) is 103 Å². The molecule has 0 bridgehead atoms. The summed E-state index contributed by atoms with van der Waals surface area (Å²) < 4.78 is 12.7. The van der Waals surface area contributed by atoms with Crippen molar-refractivity contribution in [1.82, 2.24) is 14.5 Å². The Morgan fingerprint density at radius 1 is 1.24 bits per heavy atom. The summed E-state index contributed by atoms with van der Waals surface area (Å²) in [4.78, 5) is 44.4. The van der Waals surface area contributed by atoms with Crippen molar-refractivity contribution in [2.24, 2.45) is 0 Å². The molecule has 4 rings (SSSR count). The first-order chi connectivity index (χ1) is 16.5. The van der Waals surface area contributed by atoms with Gasteiger partial charge in [-0.3, -0.25) is 14.2 Å². The van der Waals surface area contributed by atoms with E-state index < -0.39 is 0 Å². The number of carbonyl (C=O) groups is 2. The Morgan fingerprint density at radius 2 is 2.00 bits per heavy atom. The summed E-state index contributed by atoms with van der Waals surface area (Å²) in [6, 6.07) is 8.89. The van der Waals surface area contributed by atoms with Gasteiger partial charge in [-0.15, -0.1) is 11.3 Å². The number of benzene rings is 1. The van der Waals surface area contributed by atoms with E-state index in [2.05, 4.69) is 5.32 Å². The highest BCUT2D eigenvalue weighted by Gasteiger charge is 2.28. The zero-order valence-electron chi connectivity index (χ0n) is 19.0. The molecule has 9 nitrogen and oxygen atoms in total. The smallest absolute Gasteiger partial charge is 0.409 e. The van der Waals surface area contributed by atoms with Gasteiger partial charge in [-0.25, -0.2) is 9.78 Å². The second kappa shape index (κ2) is 10.9. The first kappa shape index (κ1) is 24.1. The summed E-state index contributed by atoms with van der Waals surface area (Å²) in [6.45, 7) is 3.10. The van der Waals surface area contributed by atoms with E-state index in [1.54, 1.807) is 35.6 Å². The van der Waals surface area contributed by atoms with Gasteiger partial charge in [0, 0.05) is 19.1 Å². The third-order valence-corrected chi connectivity index (χ3v) is 7.39. The van der Waals surface area contributed by atoms with Crippen molar-refractivity contribution < 1.29 is 19.1 Å². The van der Waals surface area contributed by atoms with Crippen LogP contribution in [0, 0.1) is 0 Å². The maximum Gasteiger partial charge on any atom is 0.409 e. The fraction of sp³-hybridized carbons (Fsp3) is 0.391. The second-order valence-corrected chi connectivity index (χ2v) is 9.52. The average molecular weight is 503 g/mol. The lowest BCUT2D eigenvalue weighted by molar-refractivity contribution is -0.113. The van der Waals surface area contributed by atoms with Gasteiger partial charge in [0.2, 0.25) is 5.91 Å². The van der Waals surface area contributed by atoms with E-state index in [-0.39, 0.29) is 29.4 Å². The zero-order chi connectivity index (χ0) is 24.1. The maximum atomic E-state index is 13.3. The molecule has 0 atom stereocenters. The van der Waals surface area contributed by atoms with Crippen LogP contribution in [0.4, 0.5) is 10.5 Å². The molecule has 1 aromatic carbocycles. The number of para-hydroxylation sites is 2.